The fourth-order valence-corrected chi connectivity index (χ4v) is 2.32. The first kappa shape index (κ1) is 9.23. The molecule has 0 fully saturated rings. The Morgan fingerprint density at radius 1 is 1.50 bits per heavy atom. The first-order valence-corrected chi connectivity index (χ1v) is 4.94. The Balaban J connectivity index is 2.87. The summed E-state index contributed by atoms with van der Waals surface area (Å²) in [6.07, 6.45) is -0.649. The molecule has 0 saturated carbocycles. The Labute approximate surface area is 83.5 Å². The Morgan fingerprint density at radius 3 is 2.86 bits per heavy atom. The van der Waals surface area contributed by atoms with Crippen molar-refractivity contribution in [2.24, 2.45) is 0 Å². The number of benzene rings is 1. The Morgan fingerprint density at radius 2 is 2.21 bits per heavy atom. The zero-order valence-electron chi connectivity index (χ0n) is 7.44. The quantitative estimate of drug-likeness (QED) is 0.666. The van der Waals surface area contributed by atoms with Crippen molar-refractivity contribution in [3.8, 4) is 5.75 Å². The van der Waals surface area contributed by atoms with Crippen LogP contribution in [0.3, 0.4) is 0 Å². The zero-order valence-corrected chi connectivity index (χ0v) is 8.26. The summed E-state index contributed by atoms with van der Waals surface area (Å²) < 4.78 is 0.616. The van der Waals surface area contributed by atoms with E-state index in [4.69, 9.17) is 0 Å². The topological polar surface area (TPSA) is 73.3 Å². The van der Waals surface area contributed by atoms with Crippen LogP contribution in [0, 0.1) is 0 Å². The van der Waals surface area contributed by atoms with Gasteiger partial charge in [0.2, 0.25) is 0 Å². The van der Waals surface area contributed by atoms with E-state index in [9.17, 15) is 15.0 Å². The van der Waals surface area contributed by atoms with Crippen LogP contribution in [0.5, 0.6) is 5.75 Å². The standard InChI is InChI=1S/C9H9NO3S/c1-4(11)5-2-3-6(12)7-8(5)14-9(13)10-7/h2-4,11-12H,1H3,(H,10,13). The van der Waals surface area contributed by atoms with Crippen molar-refractivity contribution in [2.75, 3.05) is 0 Å². The predicted octanol–water partition coefficient (Wildman–Crippen LogP) is 1.35. The Bertz CT molecular complexity index is 526. The third-order valence-electron chi connectivity index (χ3n) is 2.04. The van der Waals surface area contributed by atoms with Gasteiger partial charge in [0.05, 0.1) is 10.8 Å². The van der Waals surface area contributed by atoms with Crippen LogP contribution >= 0.6 is 11.3 Å². The molecule has 1 unspecified atom stereocenters. The number of hydrogen-bond acceptors (Lipinski definition) is 4. The molecule has 1 heterocycles. The summed E-state index contributed by atoms with van der Waals surface area (Å²) in [7, 11) is 0. The number of fused-ring (bicyclic) bond motifs is 1. The lowest BCUT2D eigenvalue weighted by Crippen LogP contribution is -1.90. The van der Waals surface area contributed by atoms with Crippen LogP contribution < -0.4 is 4.87 Å². The number of phenols is 1. The van der Waals surface area contributed by atoms with Gasteiger partial charge in [-0.2, -0.15) is 0 Å². The number of H-pyrrole nitrogens is 1. The molecule has 0 bridgehead atoms. The summed E-state index contributed by atoms with van der Waals surface area (Å²) >= 11 is 0.990. The molecule has 1 aromatic carbocycles. The molecular weight excluding hydrogens is 202 g/mol. The van der Waals surface area contributed by atoms with E-state index in [1.807, 2.05) is 0 Å². The largest absolute Gasteiger partial charge is 0.506 e. The Hall–Kier alpha value is -1.33. The molecule has 0 amide bonds. The summed E-state index contributed by atoms with van der Waals surface area (Å²) in [4.78, 5) is 13.4. The molecule has 4 nitrogen and oxygen atoms in total. The predicted molar refractivity (Wildman–Crippen MR) is 54.7 cm³/mol. The van der Waals surface area contributed by atoms with Crippen molar-refractivity contribution in [2.45, 2.75) is 13.0 Å². The molecule has 1 aromatic heterocycles. The van der Waals surface area contributed by atoms with Crippen LogP contribution in [-0.4, -0.2) is 15.2 Å². The van der Waals surface area contributed by atoms with Crippen LogP contribution in [0.4, 0.5) is 0 Å². The van der Waals surface area contributed by atoms with Crippen molar-refractivity contribution in [3.63, 3.8) is 0 Å². The number of rotatable bonds is 1. The molecule has 74 valence electrons. The van der Waals surface area contributed by atoms with Crippen molar-refractivity contribution >= 4 is 21.6 Å². The maximum atomic E-state index is 11.1. The average molecular weight is 211 g/mol. The lowest BCUT2D eigenvalue weighted by Gasteiger charge is -2.05. The van der Waals surface area contributed by atoms with Crippen LogP contribution in [0.15, 0.2) is 16.9 Å². The van der Waals surface area contributed by atoms with E-state index in [2.05, 4.69) is 4.98 Å². The van der Waals surface area contributed by atoms with Gasteiger partial charge in [0, 0.05) is 0 Å². The second-order valence-electron chi connectivity index (χ2n) is 3.07. The number of aromatic hydroxyl groups is 1. The second kappa shape index (κ2) is 3.11. The first-order valence-electron chi connectivity index (χ1n) is 4.12. The number of aromatic amines is 1. The van der Waals surface area contributed by atoms with Gasteiger partial charge in [0.15, 0.2) is 0 Å². The van der Waals surface area contributed by atoms with Gasteiger partial charge in [-0.15, -0.1) is 0 Å². The van der Waals surface area contributed by atoms with Crippen molar-refractivity contribution in [1.82, 2.24) is 4.98 Å². The van der Waals surface area contributed by atoms with Gasteiger partial charge < -0.3 is 15.2 Å². The van der Waals surface area contributed by atoms with Crippen molar-refractivity contribution in [1.29, 1.82) is 0 Å². The van der Waals surface area contributed by atoms with Gasteiger partial charge in [0.1, 0.15) is 11.3 Å². The molecule has 2 rings (SSSR count). The minimum Gasteiger partial charge on any atom is -0.506 e. The molecule has 1 atom stereocenters. The summed E-state index contributed by atoms with van der Waals surface area (Å²) in [5.74, 6) is 0.0303. The fourth-order valence-electron chi connectivity index (χ4n) is 1.37. The fraction of sp³-hybridized carbons (Fsp3) is 0.222. The van der Waals surface area contributed by atoms with Crippen LogP contribution in [0.1, 0.15) is 18.6 Å². The average Bonchev–Trinajstić information content (AvgIpc) is 2.47. The monoisotopic (exact) mass is 211 g/mol. The summed E-state index contributed by atoms with van der Waals surface area (Å²) in [6.45, 7) is 1.62. The molecular formula is C9H9NO3S. The summed E-state index contributed by atoms with van der Waals surface area (Å²) in [6, 6.07) is 3.08. The van der Waals surface area contributed by atoms with Crippen LogP contribution in [-0.2, 0) is 0 Å². The highest BCUT2D eigenvalue weighted by Gasteiger charge is 2.12. The number of hydrogen-bond donors (Lipinski definition) is 3. The van der Waals surface area contributed by atoms with Gasteiger partial charge >= 0.3 is 4.87 Å². The number of nitrogens with one attached hydrogen (secondary N) is 1. The highest BCUT2D eigenvalue weighted by Crippen LogP contribution is 2.30. The van der Waals surface area contributed by atoms with Gasteiger partial charge in [-0.3, -0.25) is 4.79 Å². The van der Waals surface area contributed by atoms with Gasteiger partial charge in [0.25, 0.3) is 0 Å². The van der Waals surface area contributed by atoms with E-state index < -0.39 is 6.10 Å². The van der Waals surface area contributed by atoms with Crippen LogP contribution in [0.25, 0.3) is 10.2 Å². The minimum absolute atomic E-state index is 0.0303. The maximum Gasteiger partial charge on any atom is 0.305 e. The van der Waals surface area contributed by atoms with Gasteiger partial charge in [-0.05, 0) is 18.6 Å². The number of aliphatic hydroxyl groups excluding tert-OH is 1. The number of phenolic OH excluding ortho intramolecular Hbond substituents is 1. The molecule has 14 heavy (non-hydrogen) atoms. The third kappa shape index (κ3) is 1.30. The SMILES string of the molecule is CC(O)c1ccc(O)c2[nH]c(=O)sc12. The van der Waals surface area contributed by atoms with E-state index in [0.29, 0.717) is 15.8 Å². The molecule has 3 N–H and O–H groups in total. The smallest absolute Gasteiger partial charge is 0.305 e. The van der Waals surface area contributed by atoms with Gasteiger partial charge in [-0.1, -0.05) is 17.4 Å². The van der Waals surface area contributed by atoms with Gasteiger partial charge in [-0.25, -0.2) is 0 Å². The van der Waals surface area contributed by atoms with Crippen molar-refractivity contribution in [3.05, 3.63) is 27.4 Å². The third-order valence-corrected chi connectivity index (χ3v) is 2.97. The number of thiazole rings is 1. The van der Waals surface area contributed by atoms with E-state index in [-0.39, 0.29) is 10.6 Å². The molecule has 0 spiro atoms. The zero-order chi connectivity index (χ0) is 10.3. The molecule has 0 aliphatic rings. The molecule has 0 aliphatic heterocycles. The van der Waals surface area contributed by atoms with E-state index in [0.717, 1.165) is 11.3 Å². The second-order valence-corrected chi connectivity index (χ2v) is 4.05. The summed E-state index contributed by atoms with van der Waals surface area (Å²) in [5, 5.41) is 18.9. The molecule has 5 heteroatoms. The highest BCUT2D eigenvalue weighted by molar-refractivity contribution is 7.16. The molecule has 0 radical (unpaired) electrons. The van der Waals surface area contributed by atoms with E-state index >= 15 is 0 Å². The Kier molecular flexibility index (Phi) is 2.05. The minimum atomic E-state index is -0.649. The van der Waals surface area contributed by atoms with E-state index in [1.165, 1.54) is 6.07 Å². The number of aromatic nitrogens is 1. The van der Waals surface area contributed by atoms with Crippen LogP contribution in [0.2, 0.25) is 0 Å². The lowest BCUT2D eigenvalue weighted by atomic mass is 10.1. The lowest BCUT2D eigenvalue weighted by molar-refractivity contribution is 0.201. The number of aliphatic hydroxyl groups is 1. The van der Waals surface area contributed by atoms with E-state index in [1.54, 1.807) is 13.0 Å². The summed E-state index contributed by atoms with van der Waals surface area (Å²) in [5.41, 5.74) is 1.06. The molecule has 0 aliphatic carbocycles. The molecule has 0 saturated heterocycles. The molecule has 2 aromatic rings. The van der Waals surface area contributed by atoms with Crippen molar-refractivity contribution < 1.29 is 10.2 Å². The first-order chi connectivity index (χ1) is 6.59. The highest BCUT2D eigenvalue weighted by atomic mass is 32.1. The normalized spacial score (nSPS) is 13.3. The maximum absolute atomic E-state index is 11.1.